The van der Waals surface area contributed by atoms with Crippen LogP contribution in [0, 0.1) is 0 Å². The van der Waals surface area contributed by atoms with Gasteiger partial charge >= 0.3 is 0 Å². The number of amides is 1. The third kappa shape index (κ3) is 2.99. The Balaban J connectivity index is 1.97. The number of aliphatic hydroxyl groups excluding tert-OH is 1. The van der Waals surface area contributed by atoms with Gasteiger partial charge < -0.3 is 15.0 Å². The Kier molecular flexibility index (Phi) is 4.15. The third-order valence-corrected chi connectivity index (χ3v) is 2.70. The molecule has 0 saturated heterocycles. The molecule has 1 amide bonds. The maximum atomic E-state index is 12.0. The van der Waals surface area contributed by atoms with Gasteiger partial charge in [0.05, 0.1) is 6.61 Å². The van der Waals surface area contributed by atoms with E-state index >= 15 is 0 Å². The minimum Gasteiger partial charge on any atom is -0.395 e. The van der Waals surface area contributed by atoms with Gasteiger partial charge in [0.1, 0.15) is 5.69 Å². The molecule has 0 spiro atoms. The molecule has 2 rings (SSSR count). The molecule has 2 aromatic rings. The first-order valence-corrected chi connectivity index (χ1v) is 5.89. The molecule has 4 heteroatoms. The lowest BCUT2D eigenvalue weighted by Gasteiger charge is -2.08. The highest BCUT2D eigenvalue weighted by atomic mass is 16.3. The first-order chi connectivity index (χ1) is 8.81. The molecule has 18 heavy (non-hydrogen) atoms. The number of hydrogen-bond donors (Lipinski definition) is 2. The van der Waals surface area contributed by atoms with Crippen molar-refractivity contribution < 1.29 is 9.90 Å². The van der Waals surface area contributed by atoms with E-state index in [1.165, 1.54) is 0 Å². The summed E-state index contributed by atoms with van der Waals surface area (Å²) in [6.07, 6.45) is 1.79. The van der Waals surface area contributed by atoms with E-state index in [-0.39, 0.29) is 12.5 Å². The van der Waals surface area contributed by atoms with Gasteiger partial charge in [-0.25, -0.2) is 0 Å². The van der Waals surface area contributed by atoms with Crippen LogP contribution in [0.3, 0.4) is 0 Å². The van der Waals surface area contributed by atoms with Gasteiger partial charge in [-0.15, -0.1) is 0 Å². The SMILES string of the molecule is O=C(NCc1ccccc1)c1cccn1CCO. The van der Waals surface area contributed by atoms with Gasteiger partial charge in [-0.1, -0.05) is 30.3 Å². The summed E-state index contributed by atoms with van der Waals surface area (Å²) in [6, 6.07) is 13.3. The van der Waals surface area contributed by atoms with Crippen LogP contribution in [0.25, 0.3) is 0 Å². The molecule has 2 N–H and O–H groups in total. The van der Waals surface area contributed by atoms with E-state index in [1.54, 1.807) is 22.9 Å². The predicted octanol–water partition coefficient (Wildman–Crippen LogP) is 1.41. The van der Waals surface area contributed by atoms with Crippen molar-refractivity contribution in [1.82, 2.24) is 9.88 Å². The smallest absolute Gasteiger partial charge is 0.268 e. The number of benzene rings is 1. The Morgan fingerprint density at radius 1 is 1.17 bits per heavy atom. The summed E-state index contributed by atoms with van der Waals surface area (Å²) in [4.78, 5) is 12.0. The summed E-state index contributed by atoms with van der Waals surface area (Å²) in [5, 5.41) is 11.8. The van der Waals surface area contributed by atoms with Gasteiger partial charge in [0.25, 0.3) is 5.91 Å². The number of carbonyl (C=O) groups is 1. The van der Waals surface area contributed by atoms with E-state index in [0.29, 0.717) is 18.8 Å². The van der Waals surface area contributed by atoms with Gasteiger partial charge in [-0.2, -0.15) is 0 Å². The lowest BCUT2D eigenvalue weighted by Crippen LogP contribution is -2.25. The Morgan fingerprint density at radius 2 is 1.94 bits per heavy atom. The Hall–Kier alpha value is -2.07. The van der Waals surface area contributed by atoms with Crippen molar-refractivity contribution in [2.75, 3.05) is 6.61 Å². The molecule has 0 bridgehead atoms. The fourth-order valence-electron chi connectivity index (χ4n) is 1.79. The summed E-state index contributed by atoms with van der Waals surface area (Å²) in [6.45, 7) is 0.957. The fraction of sp³-hybridized carbons (Fsp3) is 0.214. The number of aliphatic hydroxyl groups is 1. The Bertz CT molecular complexity index is 506. The van der Waals surface area contributed by atoms with Gasteiger partial charge in [0, 0.05) is 19.3 Å². The lowest BCUT2D eigenvalue weighted by molar-refractivity contribution is 0.0940. The number of nitrogens with one attached hydrogen (secondary N) is 1. The van der Waals surface area contributed by atoms with Crippen LogP contribution < -0.4 is 5.32 Å². The van der Waals surface area contributed by atoms with E-state index < -0.39 is 0 Å². The van der Waals surface area contributed by atoms with Crippen molar-refractivity contribution in [3.05, 3.63) is 59.9 Å². The third-order valence-electron chi connectivity index (χ3n) is 2.70. The predicted molar refractivity (Wildman–Crippen MR) is 69.1 cm³/mol. The molecule has 0 radical (unpaired) electrons. The Morgan fingerprint density at radius 3 is 2.67 bits per heavy atom. The van der Waals surface area contributed by atoms with Crippen molar-refractivity contribution in [3.8, 4) is 0 Å². The van der Waals surface area contributed by atoms with Crippen molar-refractivity contribution >= 4 is 5.91 Å². The van der Waals surface area contributed by atoms with Gasteiger partial charge in [-0.05, 0) is 17.7 Å². The minimum absolute atomic E-state index is 0.0215. The summed E-state index contributed by atoms with van der Waals surface area (Å²) < 4.78 is 1.74. The zero-order chi connectivity index (χ0) is 12.8. The second kappa shape index (κ2) is 6.02. The maximum absolute atomic E-state index is 12.0. The highest BCUT2D eigenvalue weighted by Crippen LogP contribution is 2.03. The van der Waals surface area contributed by atoms with Crippen molar-refractivity contribution in [1.29, 1.82) is 0 Å². The lowest BCUT2D eigenvalue weighted by atomic mass is 10.2. The van der Waals surface area contributed by atoms with Crippen LogP contribution in [0.15, 0.2) is 48.7 Å². The van der Waals surface area contributed by atoms with Crippen molar-refractivity contribution in [2.24, 2.45) is 0 Å². The largest absolute Gasteiger partial charge is 0.395 e. The average molecular weight is 244 g/mol. The highest BCUT2D eigenvalue weighted by molar-refractivity contribution is 5.92. The van der Waals surface area contributed by atoms with E-state index in [2.05, 4.69) is 5.32 Å². The van der Waals surface area contributed by atoms with Gasteiger partial charge in [0.15, 0.2) is 0 Å². The van der Waals surface area contributed by atoms with E-state index in [9.17, 15) is 4.79 Å². The molecular formula is C14H16N2O2. The normalized spacial score (nSPS) is 10.3. The standard InChI is InChI=1S/C14H16N2O2/c17-10-9-16-8-4-7-13(16)14(18)15-11-12-5-2-1-3-6-12/h1-8,17H,9-11H2,(H,15,18). The topological polar surface area (TPSA) is 54.3 Å². The molecule has 1 heterocycles. The molecule has 0 aliphatic heterocycles. The molecule has 1 aromatic heterocycles. The molecule has 4 nitrogen and oxygen atoms in total. The molecule has 94 valence electrons. The molecule has 0 atom stereocenters. The van der Waals surface area contributed by atoms with Crippen LogP contribution in [0.4, 0.5) is 0 Å². The van der Waals surface area contributed by atoms with Crippen molar-refractivity contribution in [3.63, 3.8) is 0 Å². The first-order valence-electron chi connectivity index (χ1n) is 5.89. The highest BCUT2D eigenvalue weighted by Gasteiger charge is 2.09. The minimum atomic E-state index is -0.127. The first kappa shape index (κ1) is 12.4. The number of aromatic nitrogens is 1. The zero-order valence-corrected chi connectivity index (χ0v) is 10.0. The van der Waals surface area contributed by atoms with Crippen LogP contribution in [0.5, 0.6) is 0 Å². The average Bonchev–Trinajstić information content (AvgIpc) is 2.86. The Labute approximate surface area is 106 Å². The summed E-state index contributed by atoms with van der Waals surface area (Å²) in [7, 11) is 0. The number of nitrogens with zero attached hydrogens (tertiary/aromatic N) is 1. The molecule has 0 fully saturated rings. The molecule has 0 aliphatic carbocycles. The number of rotatable bonds is 5. The summed E-state index contributed by atoms with van der Waals surface area (Å²) >= 11 is 0. The molecule has 0 unspecified atom stereocenters. The molecule has 0 saturated carbocycles. The van der Waals surface area contributed by atoms with Crippen LogP contribution in [-0.2, 0) is 13.1 Å². The van der Waals surface area contributed by atoms with Crippen LogP contribution in [0.2, 0.25) is 0 Å². The molecule has 1 aromatic carbocycles. The monoisotopic (exact) mass is 244 g/mol. The zero-order valence-electron chi connectivity index (χ0n) is 10.0. The van der Waals surface area contributed by atoms with E-state index in [4.69, 9.17) is 5.11 Å². The summed E-state index contributed by atoms with van der Waals surface area (Å²) in [5.74, 6) is -0.127. The van der Waals surface area contributed by atoms with Crippen LogP contribution in [-0.4, -0.2) is 22.2 Å². The molecular weight excluding hydrogens is 228 g/mol. The number of hydrogen-bond acceptors (Lipinski definition) is 2. The van der Waals surface area contributed by atoms with E-state index in [0.717, 1.165) is 5.56 Å². The van der Waals surface area contributed by atoms with Crippen molar-refractivity contribution in [2.45, 2.75) is 13.1 Å². The number of carbonyl (C=O) groups excluding carboxylic acids is 1. The second-order valence-electron chi connectivity index (χ2n) is 3.98. The quantitative estimate of drug-likeness (QED) is 0.835. The second-order valence-corrected chi connectivity index (χ2v) is 3.98. The van der Waals surface area contributed by atoms with E-state index in [1.807, 2.05) is 30.3 Å². The fourth-order valence-corrected chi connectivity index (χ4v) is 1.79. The van der Waals surface area contributed by atoms with Gasteiger partial charge in [0.2, 0.25) is 0 Å². The summed E-state index contributed by atoms with van der Waals surface area (Å²) in [5.41, 5.74) is 1.63. The maximum Gasteiger partial charge on any atom is 0.268 e. The van der Waals surface area contributed by atoms with Crippen LogP contribution in [0.1, 0.15) is 16.1 Å². The van der Waals surface area contributed by atoms with Crippen LogP contribution >= 0.6 is 0 Å². The molecule has 0 aliphatic rings. The van der Waals surface area contributed by atoms with Gasteiger partial charge in [-0.3, -0.25) is 4.79 Å².